The summed E-state index contributed by atoms with van der Waals surface area (Å²) in [4.78, 5) is 32.8. The van der Waals surface area contributed by atoms with E-state index in [0.29, 0.717) is 11.3 Å². The average Bonchev–Trinajstić information content (AvgIpc) is 3.39. The zero-order valence-electron chi connectivity index (χ0n) is 18.0. The fourth-order valence-electron chi connectivity index (χ4n) is 3.99. The second kappa shape index (κ2) is 10.5. The minimum Gasteiger partial charge on any atom is -0.351 e. The lowest BCUT2D eigenvalue weighted by Crippen LogP contribution is -2.48. The van der Waals surface area contributed by atoms with Crippen LogP contribution in [0.25, 0.3) is 10.4 Å². The third-order valence-corrected chi connectivity index (χ3v) is 6.79. The van der Waals surface area contributed by atoms with Gasteiger partial charge in [0, 0.05) is 42.5 Å². The lowest BCUT2D eigenvalue weighted by molar-refractivity contribution is -0.127. The van der Waals surface area contributed by atoms with Crippen molar-refractivity contribution in [3.8, 4) is 10.4 Å². The predicted octanol–water partition coefficient (Wildman–Crippen LogP) is 4.61. The van der Waals surface area contributed by atoms with Crippen LogP contribution in [0.3, 0.4) is 0 Å². The van der Waals surface area contributed by atoms with Gasteiger partial charge in [0.05, 0.1) is 16.6 Å². The summed E-state index contributed by atoms with van der Waals surface area (Å²) in [5.41, 5.74) is 3.54. The first-order valence-corrected chi connectivity index (χ1v) is 12.1. The molecule has 1 N–H and O–H groups in total. The Morgan fingerprint density at radius 2 is 1.88 bits per heavy atom. The quantitative estimate of drug-likeness (QED) is 0.474. The van der Waals surface area contributed by atoms with Crippen LogP contribution >= 0.6 is 22.9 Å². The molecule has 1 saturated carbocycles. The molecule has 7 nitrogen and oxygen atoms in total. The minimum absolute atomic E-state index is 0.160. The predicted molar refractivity (Wildman–Crippen MR) is 126 cm³/mol. The van der Waals surface area contributed by atoms with Gasteiger partial charge in [-0.2, -0.15) is 10.2 Å². The maximum absolute atomic E-state index is 13.6. The van der Waals surface area contributed by atoms with E-state index in [0.717, 1.165) is 10.4 Å². The van der Waals surface area contributed by atoms with Gasteiger partial charge in [0.25, 0.3) is 0 Å². The van der Waals surface area contributed by atoms with Crippen molar-refractivity contribution in [1.29, 1.82) is 0 Å². The van der Waals surface area contributed by atoms with Crippen LogP contribution in [0.5, 0.6) is 0 Å². The molecule has 4 rings (SSSR count). The third-order valence-electron chi connectivity index (χ3n) is 5.74. The normalized spacial score (nSPS) is 16.6. The van der Waals surface area contributed by atoms with E-state index >= 15 is 0 Å². The minimum atomic E-state index is -2.71. The summed E-state index contributed by atoms with van der Waals surface area (Å²) in [6.45, 7) is 0. The molecule has 1 aliphatic carbocycles. The monoisotopic (exact) mass is 505 g/mol. The number of carbonyl (C=O) groups is 2. The molecule has 178 valence electrons. The van der Waals surface area contributed by atoms with Gasteiger partial charge in [-0.25, -0.2) is 8.78 Å². The van der Waals surface area contributed by atoms with Crippen molar-refractivity contribution in [3.63, 3.8) is 0 Å². The molecule has 1 unspecified atom stereocenters. The Morgan fingerprint density at radius 3 is 2.47 bits per heavy atom. The molecule has 34 heavy (non-hydrogen) atoms. The topological polar surface area (TPSA) is 88.1 Å². The number of amides is 2. The van der Waals surface area contributed by atoms with Gasteiger partial charge in [-0.3, -0.25) is 19.5 Å². The number of hydrogen-bond acceptors (Lipinski definition) is 6. The number of hydrogen-bond donors (Lipinski definition) is 1. The first-order chi connectivity index (χ1) is 16.4. The van der Waals surface area contributed by atoms with E-state index < -0.39 is 29.8 Å². The van der Waals surface area contributed by atoms with Crippen LogP contribution in [0.15, 0.2) is 54.4 Å². The van der Waals surface area contributed by atoms with E-state index in [1.165, 1.54) is 28.6 Å². The molecule has 1 aliphatic rings. The van der Waals surface area contributed by atoms with Gasteiger partial charge in [-0.1, -0.05) is 12.1 Å². The van der Waals surface area contributed by atoms with Crippen LogP contribution in [0, 0.1) is 0 Å². The number of nitrogens with one attached hydrogen (secondary N) is 1. The number of rotatable bonds is 7. The highest BCUT2D eigenvalue weighted by molar-refractivity contribution is 7.13. The number of nitrogens with zero attached hydrogens (tertiary/aromatic N) is 4. The first kappa shape index (κ1) is 24.2. The molecule has 2 amide bonds. The smallest absolute Gasteiger partial charge is 0.248 e. The standard InChI is InChI=1S/C23H22ClF2N5O2S/c24-11-20(32)31(18-3-1-15(2-4-18)19-13-27-14-34-19)21(16-7-10-28-29-12-16)22(33)30-17-5-8-23(25,26)9-6-17/h1-4,7,10,12-14,17,21H,5-6,8-9,11H2,(H,30,33). The highest BCUT2D eigenvalue weighted by atomic mass is 35.5. The molecule has 11 heteroatoms. The van der Waals surface area contributed by atoms with Gasteiger partial charge in [-0.15, -0.1) is 22.9 Å². The Morgan fingerprint density at radius 1 is 1.15 bits per heavy atom. The molecule has 0 aliphatic heterocycles. The van der Waals surface area contributed by atoms with E-state index in [1.807, 2.05) is 12.1 Å². The third kappa shape index (κ3) is 5.56. The summed E-state index contributed by atoms with van der Waals surface area (Å²) in [7, 11) is 0. The first-order valence-electron chi connectivity index (χ1n) is 10.7. The number of benzene rings is 1. The van der Waals surface area contributed by atoms with E-state index in [9.17, 15) is 18.4 Å². The highest BCUT2D eigenvalue weighted by Crippen LogP contribution is 2.34. The Bertz CT molecular complexity index is 1110. The van der Waals surface area contributed by atoms with Crippen molar-refractivity contribution in [2.75, 3.05) is 10.8 Å². The second-order valence-corrected chi connectivity index (χ2v) is 9.18. The number of alkyl halides is 3. The molecular formula is C23H22ClF2N5O2S. The summed E-state index contributed by atoms with van der Waals surface area (Å²) in [5.74, 6) is -4.04. The zero-order valence-corrected chi connectivity index (χ0v) is 19.6. The van der Waals surface area contributed by atoms with Crippen LogP contribution in [0.4, 0.5) is 14.5 Å². The maximum atomic E-state index is 13.6. The van der Waals surface area contributed by atoms with Gasteiger partial charge in [0.2, 0.25) is 17.7 Å². The van der Waals surface area contributed by atoms with Crippen LogP contribution in [-0.2, 0) is 9.59 Å². The molecule has 1 fully saturated rings. The molecule has 0 saturated heterocycles. The van der Waals surface area contributed by atoms with Crippen molar-refractivity contribution < 1.29 is 18.4 Å². The highest BCUT2D eigenvalue weighted by Gasteiger charge is 2.38. The van der Waals surface area contributed by atoms with Crippen LogP contribution in [0.1, 0.15) is 37.3 Å². The van der Waals surface area contributed by atoms with Crippen LogP contribution in [-0.4, -0.2) is 44.8 Å². The van der Waals surface area contributed by atoms with Crippen molar-refractivity contribution in [1.82, 2.24) is 20.5 Å². The van der Waals surface area contributed by atoms with Crippen molar-refractivity contribution in [2.24, 2.45) is 0 Å². The van der Waals surface area contributed by atoms with Gasteiger partial charge in [0.15, 0.2) is 0 Å². The van der Waals surface area contributed by atoms with Gasteiger partial charge >= 0.3 is 0 Å². The van der Waals surface area contributed by atoms with Gasteiger partial charge in [0.1, 0.15) is 11.9 Å². The molecule has 2 heterocycles. The SMILES string of the molecule is O=C(NC1CCC(F)(F)CC1)C(c1ccnnc1)N(C(=O)CCl)c1ccc(-c2cncs2)cc1. The summed E-state index contributed by atoms with van der Waals surface area (Å²) in [6, 6.07) is 7.21. The average molecular weight is 506 g/mol. The second-order valence-electron chi connectivity index (χ2n) is 8.03. The van der Waals surface area contributed by atoms with E-state index in [1.54, 1.807) is 29.9 Å². The van der Waals surface area contributed by atoms with Crippen molar-refractivity contribution in [3.05, 3.63) is 60.0 Å². The van der Waals surface area contributed by atoms with Crippen molar-refractivity contribution >= 4 is 40.4 Å². The fraction of sp³-hybridized carbons (Fsp3) is 0.348. The van der Waals surface area contributed by atoms with E-state index in [4.69, 9.17) is 11.6 Å². The number of halogens is 3. The molecule has 0 spiro atoms. The maximum Gasteiger partial charge on any atom is 0.248 e. The van der Waals surface area contributed by atoms with E-state index in [-0.39, 0.29) is 31.6 Å². The number of aromatic nitrogens is 3. The number of carbonyl (C=O) groups excluding carboxylic acids is 2. The van der Waals surface area contributed by atoms with Crippen LogP contribution in [0.2, 0.25) is 0 Å². The van der Waals surface area contributed by atoms with Crippen LogP contribution < -0.4 is 10.2 Å². The molecule has 3 aromatic rings. The number of thiazole rings is 1. The van der Waals surface area contributed by atoms with Crippen molar-refractivity contribution in [2.45, 2.75) is 43.7 Å². The molecule has 2 aromatic heterocycles. The molecule has 1 aromatic carbocycles. The lowest BCUT2D eigenvalue weighted by atomic mass is 9.92. The summed E-state index contributed by atoms with van der Waals surface area (Å²) < 4.78 is 27.2. The lowest BCUT2D eigenvalue weighted by Gasteiger charge is -2.34. The molecular weight excluding hydrogens is 484 g/mol. The zero-order chi connectivity index (χ0) is 24.1. The number of anilines is 1. The Kier molecular flexibility index (Phi) is 7.47. The molecule has 1 atom stereocenters. The summed E-state index contributed by atoms with van der Waals surface area (Å²) in [6.07, 6.45) is 4.31. The van der Waals surface area contributed by atoms with E-state index in [2.05, 4.69) is 20.5 Å². The fourth-order valence-corrected chi connectivity index (χ4v) is 4.75. The summed E-state index contributed by atoms with van der Waals surface area (Å²) in [5, 5.41) is 10.5. The van der Waals surface area contributed by atoms with Gasteiger partial charge in [-0.05, 0) is 36.6 Å². The summed E-state index contributed by atoms with van der Waals surface area (Å²) >= 11 is 7.41. The molecule has 0 radical (unpaired) electrons. The Labute approximate surface area is 204 Å². The largest absolute Gasteiger partial charge is 0.351 e. The Hall–Kier alpha value is -2.98. The Balaban J connectivity index is 1.65. The van der Waals surface area contributed by atoms with Gasteiger partial charge < -0.3 is 5.32 Å². The molecule has 0 bridgehead atoms.